The van der Waals surface area contributed by atoms with Gasteiger partial charge in [-0.1, -0.05) is 35.6 Å². The number of thioether (sulfide) groups is 1. The summed E-state index contributed by atoms with van der Waals surface area (Å²) in [6.07, 6.45) is 0. The van der Waals surface area contributed by atoms with E-state index in [1.165, 1.54) is 11.8 Å². The molecule has 0 aliphatic rings. The highest BCUT2D eigenvalue weighted by molar-refractivity contribution is 8.23. The zero-order valence-electron chi connectivity index (χ0n) is 11.9. The van der Waals surface area contributed by atoms with Gasteiger partial charge in [-0.05, 0) is 45.0 Å². The van der Waals surface area contributed by atoms with Crippen molar-refractivity contribution < 1.29 is 4.79 Å². The summed E-state index contributed by atoms with van der Waals surface area (Å²) in [7, 11) is 0. The van der Waals surface area contributed by atoms with Crippen LogP contribution in [0.3, 0.4) is 0 Å². The van der Waals surface area contributed by atoms with Gasteiger partial charge in [0.1, 0.15) is 4.32 Å². The van der Waals surface area contributed by atoms with Gasteiger partial charge in [0.2, 0.25) is 5.91 Å². The second-order valence-electron chi connectivity index (χ2n) is 4.19. The monoisotopic (exact) mass is 330 g/mol. The van der Waals surface area contributed by atoms with Gasteiger partial charge in [0.05, 0.1) is 5.25 Å². The standard InChI is InChI=1S/C14H19ClN2OS2/c1-4-17(5-2)14(19)20-10(3)13(18)16-12-8-6-11(15)7-9-12/h6-10H,4-5H2,1-3H3,(H,16,18)/t10-/m1/s1. The van der Waals surface area contributed by atoms with E-state index in [-0.39, 0.29) is 11.2 Å². The molecule has 1 atom stereocenters. The number of nitrogens with zero attached hydrogens (tertiary/aromatic N) is 1. The summed E-state index contributed by atoms with van der Waals surface area (Å²) in [6.45, 7) is 7.66. The van der Waals surface area contributed by atoms with Crippen molar-refractivity contribution in [3.63, 3.8) is 0 Å². The average Bonchev–Trinajstić information content (AvgIpc) is 2.42. The fourth-order valence-corrected chi connectivity index (χ4v) is 3.23. The molecule has 1 N–H and O–H groups in total. The zero-order chi connectivity index (χ0) is 15.1. The predicted molar refractivity (Wildman–Crippen MR) is 92.7 cm³/mol. The Balaban J connectivity index is 2.54. The molecule has 0 radical (unpaired) electrons. The molecule has 1 amide bonds. The number of carbonyl (C=O) groups excluding carboxylic acids is 1. The number of anilines is 1. The van der Waals surface area contributed by atoms with E-state index in [1.54, 1.807) is 24.3 Å². The molecular formula is C14H19ClN2OS2. The molecule has 1 aromatic rings. The lowest BCUT2D eigenvalue weighted by molar-refractivity contribution is -0.115. The van der Waals surface area contributed by atoms with E-state index in [9.17, 15) is 4.79 Å². The molecule has 0 aromatic heterocycles. The second-order valence-corrected chi connectivity index (χ2v) is 6.61. The first-order chi connectivity index (χ1) is 9.47. The van der Waals surface area contributed by atoms with E-state index in [4.69, 9.17) is 23.8 Å². The van der Waals surface area contributed by atoms with Gasteiger partial charge < -0.3 is 10.2 Å². The quantitative estimate of drug-likeness (QED) is 0.826. The summed E-state index contributed by atoms with van der Waals surface area (Å²) in [4.78, 5) is 14.2. The van der Waals surface area contributed by atoms with Gasteiger partial charge in [0.15, 0.2) is 0 Å². The van der Waals surface area contributed by atoms with Gasteiger partial charge in [0, 0.05) is 23.8 Å². The highest BCUT2D eigenvalue weighted by Gasteiger charge is 2.18. The minimum atomic E-state index is -0.237. The van der Waals surface area contributed by atoms with Crippen molar-refractivity contribution in [1.29, 1.82) is 0 Å². The fourth-order valence-electron chi connectivity index (χ4n) is 1.54. The Bertz CT molecular complexity index is 461. The normalized spacial score (nSPS) is 11.8. The number of rotatable bonds is 5. The van der Waals surface area contributed by atoms with Crippen LogP contribution in [0.25, 0.3) is 0 Å². The van der Waals surface area contributed by atoms with Crippen LogP contribution in [0.4, 0.5) is 5.69 Å². The maximum absolute atomic E-state index is 12.1. The first-order valence-electron chi connectivity index (χ1n) is 6.49. The summed E-state index contributed by atoms with van der Waals surface area (Å²) < 4.78 is 0.758. The van der Waals surface area contributed by atoms with Crippen LogP contribution in [0.2, 0.25) is 5.02 Å². The second kappa shape index (κ2) is 8.49. The van der Waals surface area contributed by atoms with E-state index >= 15 is 0 Å². The summed E-state index contributed by atoms with van der Waals surface area (Å²) in [5.74, 6) is -0.0631. The smallest absolute Gasteiger partial charge is 0.237 e. The van der Waals surface area contributed by atoms with Crippen molar-refractivity contribution in [3.8, 4) is 0 Å². The Labute approximate surface area is 135 Å². The van der Waals surface area contributed by atoms with Crippen LogP contribution in [-0.4, -0.2) is 33.5 Å². The molecule has 0 bridgehead atoms. The number of hydrogen-bond acceptors (Lipinski definition) is 3. The molecule has 110 valence electrons. The first-order valence-corrected chi connectivity index (χ1v) is 8.16. The maximum Gasteiger partial charge on any atom is 0.237 e. The van der Waals surface area contributed by atoms with Gasteiger partial charge in [-0.2, -0.15) is 0 Å². The molecule has 0 saturated heterocycles. The third kappa shape index (κ3) is 5.31. The lowest BCUT2D eigenvalue weighted by Crippen LogP contribution is -2.31. The molecule has 0 aliphatic carbocycles. The summed E-state index contributed by atoms with van der Waals surface area (Å²) in [6, 6.07) is 7.05. The van der Waals surface area contributed by atoms with Crippen LogP contribution in [0, 0.1) is 0 Å². The van der Waals surface area contributed by atoms with Gasteiger partial charge in [-0.3, -0.25) is 4.79 Å². The van der Waals surface area contributed by atoms with Gasteiger partial charge in [-0.15, -0.1) is 0 Å². The Morgan fingerprint density at radius 1 is 1.35 bits per heavy atom. The van der Waals surface area contributed by atoms with Gasteiger partial charge >= 0.3 is 0 Å². The Morgan fingerprint density at radius 3 is 2.40 bits per heavy atom. The van der Waals surface area contributed by atoms with Crippen LogP contribution in [0.1, 0.15) is 20.8 Å². The molecule has 0 fully saturated rings. The lowest BCUT2D eigenvalue weighted by Gasteiger charge is -2.22. The highest BCUT2D eigenvalue weighted by atomic mass is 35.5. The molecule has 0 unspecified atom stereocenters. The molecule has 0 saturated carbocycles. The summed E-state index contributed by atoms with van der Waals surface area (Å²) in [5.41, 5.74) is 0.737. The first kappa shape index (κ1) is 17.3. The molecular weight excluding hydrogens is 312 g/mol. The van der Waals surface area contributed by atoms with Crippen LogP contribution in [0.15, 0.2) is 24.3 Å². The van der Waals surface area contributed by atoms with Crippen molar-refractivity contribution in [2.45, 2.75) is 26.0 Å². The highest BCUT2D eigenvalue weighted by Crippen LogP contribution is 2.19. The van der Waals surface area contributed by atoms with Crippen LogP contribution >= 0.6 is 35.6 Å². The average molecular weight is 331 g/mol. The van der Waals surface area contributed by atoms with Crippen molar-refractivity contribution in [2.75, 3.05) is 18.4 Å². The van der Waals surface area contributed by atoms with E-state index in [2.05, 4.69) is 24.1 Å². The van der Waals surface area contributed by atoms with Gasteiger partial charge in [0.25, 0.3) is 0 Å². The summed E-state index contributed by atoms with van der Waals surface area (Å²) in [5, 5.41) is 3.26. The van der Waals surface area contributed by atoms with Crippen molar-refractivity contribution in [1.82, 2.24) is 4.90 Å². The molecule has 0 aliphatic heterocycles. The number of nitrogens with one attached hydrogen (secondary N) is 1. The molecule has 0 heterocycles. The lowest BCUT2D eigenvalue weighted by atomic mass is 10.3. The number of amides is 1. The minimum Gasteiger partial charge on any atom is -0.358 e. The Hall–Kier alpha value is -0.780. The number of benzene rings is 1. The number of thiocarbonyl (C=S) groups is 1. The van der Waals surface area contributed by atoms with E-state index in [0.29, 0.717) is 5.02 Å². The van der Waals surface area contributed by atoms with Crippen molar-refractivity contribution in [3.05, 3.63) is 29.3 Å². The van der Waals surface area contributed by atoms with Gasteiger partial charge in [-0.25, -0.2) is 0 Å². The molecule has 3 nitrogen and oxygen atoms in total. The summed E-state index contributed by atoms with van der Waals surface area (Å²) >= 11 is 12.6. The fraction of sp³-hybridized carbons (Fsp3) is 0.429. The number of carbonyl (C=O) groups is 1. The number of halogens is 1. The SMILES string of the molecule is CCN(CC)C(=S)S[C@H](C)C(=O)Nc1ccc(Cl)cc1. The van der Waals surface area contributed by atoms with E-state index < -0.39 is 0 Å². The Morgan fingerprint density at radius 2 is 1.90 bits per heavy atom. The van der Waals surface area contributed by atoms with Crippen molar-refractivity contribution in [2.24, 2.45) is 0 Å². The maximum atomic E-state index is 12.1. The Kier molecular flexibility index (Phi) is 7.34. The molecule has 1 aromatic carbocycles. The number of hydrogen-bond donors (Lipinski definition) is 1. The largest absolute Gasteiger partial charge is 0.358 e. The van der Waals surface area contributed by atoms with E-state index in [0.717, 1.165) is 23.1 Å². The van der Waals surface area contributed by atoms with Crippen LogP contribution in [-0.2, 0) is 4.79 Å². The van der Waals surface area contributed by atoms with Crippen LogP contribution in [0.5, 0.6) is 0 Å². The zero-order valence-corrected chi connectivity index (χ0v) is 14.2. The molecule has 6 heteroatoms. The molecule has 0 spiro atoms. The third-order valence-corrected chi connectivity index (χ3v) is 4.61. The minimum absolute atomic E-state index is 0.0631. The topological polar surface area (TPSA) is 32.3 Å². The third-order valence-electron chi connectivity index (χ3n) is 2.78. The van der Waals surface area contributed by atoms with E-state index in [1.807, 2.05) is 6.92 Å². The molecule has 20 heavy (non-hydrogen) atoms. The predicted octanol–water partition coefficient (Wildman–Crippen LogP) is 4.03. The van der Waals surface area contributed by atoms with Crippen LogP contribution < -0.4 is 5.32 Å². The van der Waals surface area contributed by atoms with Crippen molar-refractivity contribution >= 4 is 51.5 Å². The molecule has 1 rings (SSSR count).